The second kappa shape index (κ2) is 7.26. The molecule has 27 heavy (non-hydrogen) atoms. The first-order chi connectivity index (χ1) is 13.1. The molecule has 8 heteroatoms. The molecule has 0 aliphatic carbocycles. The molecular formula is C19H13N3O3S2. The second-order valence-electron chi connectivity index (χ2n) is 5.48. The summed E-state index contributed by atoms with van der Waals surface area (Å²) in [6.45, 7) is 0. The zero-order valence-electron chi connectivity index (χ0n) is 13.9. The van der Waals surface area contributed by atoms with Crippen molar-refractivity contribution < 1.29 is 12.6 Å². The fourth-order valence-corrected chi connectivity index (χ4v) is 4.53. The Kier molecular flexibility index (Phi) is 4.66. The van der Waals surface area contributed by atoms with Gasteiger partial charge >= 0.3 is 10.1 Å². The fraction of sp³-hybridized carbons (Fsp3) is 0. The van der Waals surface area contributed by atoms with Crippen LogP contribution < -0.4 is 4.18 Å². The molecule has 3 aromatic heterocycles. The van der Waals surface area contributed by atoms with Crippen molar-refractivity contribution in [2.45, 2.75) is 4.90 Å². The van der Waals surface area contributed by atoms with Crippen molar-refractivity contribution in [2.24, 2.45) is 0 Å². The smallest absolute Gasteiger partial charge is 0.342 e. The van der Waals surface area contributed by atoms with Crippen LogP contribution in [0.25, 0.3) is 21.8 Å². The molecule has 4 aromatic rings. The molecule has 0 N–H and O–H groups in total. The molecule has 0 aliphatic rings. The van der Waals surface area contributed by atoms with Crippen LogP contribution in [0.3, 0.4) is 0 Å². The van der Waals surface area contributed by atoms with Crippen LogP contribution in [0.2, 0.25) is 0 Å². The van der Waals surface area contributed by atoms with Crippen LogP contribution in [0, 0.1) is 0 Å². The summed E-state index contributed by atoms with van der Waals surface area (Å²) in [7, 11) is -4.07. The summed E-state index contributed by atoms with van der Waals surface area (Å²) in [5.74, 6) is 0. The first kappa shape index (κ1) is 17.3. The van der Waals surface area contributed by atoms with E-state index in [0.717, 1.165) is 16.9 Å². The summed E-state index contributed by atoms with van der Waals surface area (Å²) in [4.78, 5) is 12.5. The lowest BCUT2D eigenvalue weighted by Gasteiger charge is -2.09. The predicted molar refractivity (Wildman–Crippen MR) is 103 cm³/mol. The Morgan fingerprint density at radius 3 is 2.37 bits per heavy atom. The van der Waals surface area contributed by atoms with E-state index in [9.17, 15) is 8.42 Å². The fourth-order valence-electron chi connectivity index (χ4n) is 2.48. The summed E-state index contributed by atoms with van der Waals surface area (Å²) in [6, 6.07) is 15.8. The molecule has 1 aromatic carbocycles. The van der Waals surface area contributed by atoms with E-state index in [4.69, 9.17) is 4.18 Å². The number of rotatable bonds is 5. The topological polar surface area (TPSA) is 82.0 Å². The number of thiazole rings is 1. The minimum atomic E-state index is -4.07. The van der Waals surface area contributed by atoms with Crippen molar-refractivity contribution in [1.82, 2.24) is 15.0 Å². The van der Waals surface area contributed by atoms with Gasteiger partial charge in [-0.3, -0.25) is 9.97 Å². The summed E-state index contributed by atoms with van der Waals surface area (Å²) in [5.41, 5.74) is 1.83. The SMILES string of the molecule is O=S(=O)(Oc1cnc(-c2cccnc2)s1)c1cccnc1-c1ccccc1. The van der Waals surface area contributed by atoms with Crippen LogP contribution in [0.5, 0.6) is 5.06 Å². The Labute approximate surface area is 160 Å². The maximum Gasteiger partial charge on any atom is 0.342 e. The standard InChI is InChI=1S/C19H13N3O3S2/c23-27(24,16-9-5-11-21-18(16)14-6-2-1-3-7-14)25-17-13-22-19(26-17)15-8-4-10-20-12-15/h1-13H. The van der Waals surface area contributed by atoms with Gasteiger partial charge in [0.15, 0.2) is 0 Å². The van der Waals surface area contributed by atoms with Crippen molar-refractivity contribution >= 4 is 21.5 Å². The van der Waals surface area contributed by atoms with Gasteiger partial charge < -0.3 is 4.18 Å². The normalized spacial score (nSPS) is 11.3. The second-order valence-corrected chi connectivity index (χ2v) is 7.99. The molecule has 0 spiro atoms. The van der Waals surface area contributed by atoms with Crippen LogP contribution in [0.4, 0.5) is 0 Å². The minimum Gasteiger partial charge on any atom is -0.366 e. The Hall–Kier alpha value is -3.10. The van der Waals surface area contributed by atoms with Gasteiger partial charge in [0.2, 0.25) is 5.06 Å². The number of hydrogen-bond acceptors (Lipinski definition) is 7. The molecule has 0 saturated heterocycles. The Morgan fingerprint density at radius 1 is 0.815 bits per heavy atom. The maximum absolute atomic E-state index is 12.8. The highest BCUT2D eigenvalue weighted by molar-refractivity contribution is 7.87. The van der Waals surface area contributed by atoms with Gasteiger partial charge in [-0.25, -0.2) is 4.98 Å². The van der Waals surface area contributed by atoms with Gasteiger partial charge in [0.25, 0.3) is 0 Å². The first-order valence-electron chi connectivity index (χ1n) is 7.95. The van der Waals surface area contributed by atoms with Gasteiger partial charge in [-0.05, 0) is 24.3 Å². The van der Waals surface area contributed by atoms with Crippen LogP contribution in [-0.2, 0) is 10.1 Å². The third-order valence-electron chi connectivity index (χ3n) is 3.67. The molecule has 0 unspecified atom stereocenters. The summed E-state index contributed by atoms with van der Waals surface area (Å²) < 4.78 is 31.0. The Morgan fingerprint density at radius 2 is 1.59 bits per heavy atom. The van der Waals surface area contributed by atoms with Crippen molar-refractivity contribution in [2.75, 3.05) is 0 Å². The number of pyridine rings is 2. The number of aromatic nitrogens is 3. The molecule has 3 heterocycles. The molecule has 134 valence electrons. The molecule has 0 aliphatic heterocycles. The third-order valence-corrected chi connectivity index (χ3v) is 5.97. The third kappa shape index (κ3) is 3.71. The molecule has 0 amide bonds. The molecule has 0 bridgehead atoms. The van der Waals surface area contributed by atoms with Crippen LogP contribution in [0.15, 0.2) is 84.3 Å². The van der Waals surface area contributed by atoms with E-state index in [-0.39, 0.29) is 9.96 Å². The van der Waals surface area contributed by atoms with Crippen LogP contribution in [-0.4, -0.2) is 23.4 Å². The quantitative estimate of drug-likeness (QED) is 0.475. The predicted octanol–water partition coefficient (Wildman–Crippen LogP) is 4.03. The van der Waals surface area contributed by atoms with Gasteiger partial charge in [0.1, 0.15) is 9.90 Å². The first-order valence-corrected chi connectivity index (χ1v) is 10.2. The highest BCUT2D eigenvalue weighted by Crippen LogP contribution is 2.33. The van der Waals surface area contributed by atoms with E-state index < -0.39 is 10.1 Å². The van der Waals surface area contributed by atoms with Crippen molar-refractivity contribution in [1.29, 1.82) is 0 Å². The van der Waals surface area contributed by atoms with E-state index in [1.165, 1.54) is 12.3 Å². The largest absolute Gasteiger partial charge is 0.366 e. The zero-order valence-corrected chi connectivity index (χ0v) is 15.5. The summed E-state index contributed by atoms with van der Waals surface area (Å²) in [5, 5.41) is 0.805. The lowest BCUT2D eigenvalue weighted by Crippen LogP contribution is -2.11. The van der Waals surface area contributed by atoms with E-state index in [0.29, 0.717) is 16.3 Å². The number of nitrogens with zero attached hydrogens (tertiary/aromatic N) is 3. The molecule has 0 saturated carbocycles. The van der Waals surface area contributed by atoms with Gasteiger partial charge in [0, 0.05) is 29.7 Å². The van der Waals surface area contributed by atoms with E-state index in [1.807, 2.05) is 24.3 Å². The van der Waals surface area contributed by atoms with Crippen molar-refractivity contribution in [3.63, 3.8) is 0 Å². The summed E-state index contributed by atoms with van der Waals surface area (Å²) >= 11 is 1.14. The zero-order chi connectivity index (χ0) is 18.7. The highest BCUT2D eigenvalue weighted by Gasteiger charge is 2.23. The molecule has 0 atom stereocenters. The monoisotopic (exact) mass is 395 g/mol. The average Bonchev–Trinajstić information content (AvgIpc) is 3.17. The van der Waals surface area contributed by atoms with Crippen LogP contribution in [0.1, 0.15) is 0 Å². The number of hydrogen-bond donors (Lipinski definition) is 0. The highest BCUT2D eigenvalue weighted by atomic mass is 32.2. The van der Waals surface area contributed by atoms with Gasteiger partial charge in [-0.15, -0.1) is 0 Å². The van der Waals surface area contributed by atoms with Gasteiger partial charge in [-0.2, -0.15) is 8.42 Å². The molecular weight excluding hydrogens is 382 g/mol. The average molecular weight is 395 g/mol. The van der Waals surface area contributed by atoms with Crippen molar-refractivity contribution in [3.8, 4) is 26.9 Å². The van der Waals surface area contributed by atoms with Gasteiger partial charge in [0.05, 0.1) is 11.9 Å². The van der Waals surface area contributed by atoms with E-state index in [2.05, 4.69) is 15.0 Å². The lowest BCUT2D eigenvalue weighted by molar-refractivity contribution is 0.492. The number of benzene rings is 1. The van der Waals surface area contributed by atoms with Crippen LogP contribution >= 0.6 is 11.3 Å². The molecule has 0 radical (unpaired) electrons. The maximum atomic E-state index is 12.8. The Balaban J connectivity index is 1.67. The summed E-state index contributed by atoms with van der Waals surface area (Å²) in [6.07, 6.45) is 6.26. The molecule has 0 fully saturated rings. The van der Waals surface area contributed by atoms with E-state index in [1.54, 1.807) is 42.9 Å². The minimum absolute atomic E-state index is 0.00697. The van der Waals surface area contributed by atoms with Crippen molar-refractivity contribution in [3.05, 3.63) is 79.4 Å². The van der Waals surface area contributed by atoms with E-state index >= 15 is 0 Å². The molecule has 6 nitrogen and oxygen atoms in total. The van der Waals surface area contributed by atoms with Gasteiger partial charge in [-0.1, -0.05) is 41.7 Å². The Bertz CT molecular complexity index is 1160. The lowest BCUT2D eigenvalue weighted by atomic mass is 10.1. The molecule has 4 rings (SSSR count).